The van der Waals surface area contributed by atoms with Gasteiger partial charge in [0, 0.05) is 28.8 Å². The Hall–Kier alpha value is -2.92. The highest BCUT2D eigenvalue weighted by Gasteiger charge is 2.10. The first kappa shape index (κ1) is 17.9. The van der Waals surface area contributed by atoms with E-state index in [-0.39, 0.29) is 5.91 Å². The summed E-state index contributed by atoms with van der Waals surface area (Å²) < 4.78 is 0. The average Bonchev–Trinajstić information content (AvgIpc) is 2.62. The molecule has 0 aliphatic carbocycles. The second kappa shape index (κ2) is 7.54. The van der Waals surface area contributed by atoms with Gasteiger partial charge in [0.05, 0.1) is 5.56 Å². The molecule has 2 N–H and O–H groups in total. The van der Waals surface area contributed by atoms with Crippen LogP contribution in [-0.2, 0) is 0 Å². The smallest absolute Gasteiger partial charge is 0.258 e. The molecular formula is C20H19ClN4O. The molecule has 3 aromatic rings. The van der Waals surface area contributed by atoms with E-state index in [9.17, 15) is 4.79 Å². The zero-order valence-electron chi connectivity index (χ0n) is 14.8. The Labute approximate surface area is 157 Å². The van der Waals surface area contributed by atoms with Crippen molar-refractivity contribution in [2.24, 2.45) is 0 Å². The highest BCUT2D eigenvalue weighted by molar-refractivity contribution is 6.31. The van der Waals surface area contributed by atoms with E-state index in [0.29, 0.717) is 22.2 Å². The number of carbonyl (C=O) groups is 1. The number of anilines is 3. The van der Waals surface area contributed by atoms with Crippen LogP contribution in [0.3, 0.4) is 0 Å². The van der Waals surface area contributed by atoms with Gasteiger partial charge in [-0.2, -0.15) is 0 Å². The van der Waals surface area contributed by atoms with Crippen LogP contribution in [-0.4, -0.2) is 15.9 Å². The number of amides is 1. The van der Waals surface area contributed by atoms with Gasteiger partial charge in [-0.15, -0.1) is 0 Å². The number of benzene rings is 2. The van der Waals surface area contributed by atoms with Crippen molar-refractivity contribution in [1.82, 2.24) is 9.97 Å². The van der Waals surface area contributed by atoms with Gasteiger partial charge in [0.2, 0.25) is 5.95 Å². The summed E-state index contributed by atoms with van der Waals surface area (Å²) in [5.41, 5.74) is 5.13. The Morgan fingerprint density at radius 1 is 0.962 bits per heavy atom. The largest absolute Gasteiger partial charge is 0.324 e. The van der Waals surface area contributed by atoms with Crippen LogP contribution in [0.2, 0.25) is 5.02 Å². The fourth-order valence-electron chi connectivity index (χ4n) is 2.51. The van der Waals surface area contributed by atoms with Crippen LogP contribution in [0.1, 0.15) is 27.0 Å². The second-order valence-corrected chi connectivity index (χ2v) is 6.51. The van der Waals surface area contributed by atoms with Crippen molar-refractivity contribution in [3.05, 3.63) is 76.1 Å². The molecule has 0 bridgehead atoms. The zero-order valence-corrected chi connectivity index (χ0v) is 15.6. The van der Waals surface area contributed by atoms with Gasteiger partial charge in [0.15, 0.2) is 0 Å². The van der Waals surface area contributed by atoms with E-state index in [2.05, 4.69) is 20.6 Å². The summed E-state index contributed by atoms with van der Waals surface area (Å²) in [6.45, 7) is 5.94. The lowest BCUT2D eigenvalue weighted by molar-refractivity contribution is 0.102. The number of carbonyl (C=O) groups excluding carboxylic acids is 1. The first-order chi connectivity index (χ1) is 12.4. The van der Waals surface area contributed by atoms with Crippen LogP contribution in [0.15, 0.2) is 48.8 Å². The van der Waals surface area contributed by atoms with E-state index in [1.807, 2.05) is 45.0 Å². The lowest BCUT2D eigenvalue weighted by Crippen LogP contribution is -2.13. The lowest BCUT2D eigenvalue weighted by atomic mass is 10.1. The van der Waals surface area contributed by atoms with Gasteiger partial charge in [-0.05, 0) is 49.6 Å². The van der Waals surface area contributed by atoms with Gasteiger partial charge < -0.3 is 10.6 Å². The van der Waals surface area contributed by atoms with E-state index < -0.39 is 0 Å². The molecule has 0 aliphatic heterocycles. The highest BCUT2D eigenvalue weighted by Crippen LogP contribution is 2.23. The monoisotopic (exact) mass is 366 g/mol. The molecule has 0 unspecified atom stereocenters. The van der Waals surface area contributed by atoms with E-state index in [4.69, 9.17) is 11.6 Å². The predicted octanol–water partition coefficient (Wildman–Crippen LogP) is 5.05. The highest BCUT2D eigenvalue weighted by atomic mass is 35.5. The lowest BCUT2D eigenvalue weighted by Gasteiger charge is -2.11. The molecule has 2 aromatic carbocycles. The summed E-state index contributed by atoms with van der Waals surface area (Å²) in [5, 5.41) is 6.59. The molecule has 1 heterocycles. The van der Waals surface area contributed by atoms with Crippen LogP contribution >= 0.6 is 11.6 Å². The van der Waals surface area contributed by atoms with E-state index in [0.717, 1.165) is 22.4 Å². The summed E-state index contributed by atoms with van der Waals surface area (Å²) in [6, 6.07) is 11.4. The molecule has 3 rings (SSSR count). The fraction of sp³-hybridized carbons (Fsp3) is 0.150. The molecule has 132 valence electrons. The molecule has 0 atom stereocenters. The summed E-state index contributed by atoms with van der Waals surface area (Å²) in [4.78, 5) is 20.8. The summed E-state index contributed by atoms with van der Waals surface area (Å²) in [7, 11) is 0. The van der Waals surface area contributed by atoms with Crippen molar-refractivity contribution >= 4 is 34.8 Å². The first-order valence-electron chi connectivity index (χ1n) is 8.17. The Bertz CT molecular complexity index is 934. The van der Waals surface area contributed by atoms with Gasteiger partial charge in [0.1, 0.15) is 0 Å². The number of nitrogens with zero attached hydrogens (tertiary/aromatic N) is 2. The Morgan fingerprint density at radius 3 is 2.23 bits per heavy atom. The Kier molecular flexibility index (Phi) is 5.19. The van der Waals surface area contributed by atoms with Gasteiger partial charge >= 0.3 is 0 Å². The fourth-order valence-corrected chi connectivity index (χ4v) is 2.69. The number of para-hydroxylation sites is 1. The maximum Gasteiger partial charge on any atom is 0.258 e. The summed E-state index contributed by atoms with van der Waals surface area (Å²) >= 11 is 6.08. The molecule has 0 aliphatic rings. The summed E-state index contributed by atoms with van der Waals surface area (Å²) in [6.07, 6.45) is 2.99. The van der Waals surface area contributed by atoms with E-state index >= 15 is 0 Å². The molecule has 6 heteroatoms. The molecule has 0 fully saturated rings. The van der Waals surface area contributed by atoms with E-state index in [1.165, 1.54) is 12.4 Å². The van der Waals surface area contributed by atoms with Gasteiger partial charge in [-0.25, -0.2) is 9.97 Å². The standard InChI is InChI=1S/C20H19ClN4O/c1-12-7-8-16(9-17(12)21)24-19(26)15-10-22-20(23-11-15)25-18-13(2)5-4-6-14(18)3/h4-11H,1-3H3,(H,24,26)(H,22,23,25). The molecule has 5 nitrogen and oxygen atoms in total. The molecular weight excluding hydrogens is 348 g/mol. The average molecular weight is 367 g/mol. The zero-order chi connectivity index (χ0) is 18.7. The van der Waals surface area contributed by atoms with Crippen LogP contribution in [0, 0.1) is 20.8 Å². The third kappa shape index (κ3) is 4.00. The molecule has 0 spiro atoms. The van der Waals surface area contributed by atoms with Gasteiger partial charge in [-0.3, -0.25) is 4.79 Å². The van der Waals surface area contributed by atoms with Crippen molar-refractivity contribution in [1.29, 1.82) is 0 Å². The third-order valence-electron chi connectivity index (χ3n) is 4.06. The maximum atomic E-state index is 12.3. The number of aryl methyl sites for hydroxylation is 3. The maximum absolute atomic E-state index is 12.3. The topological polar surface area (TPSA) is 66.9 Å². The number of nitrogens with one attached hydrogen (secondary N) is 2. The first-order valence-corrected chi connectivity index (χ1v) is 8.54. The second-order valence-electron chi connectivity index (χ2n) is 6.11. The Morgan fingerprint density at radius 2 is 1.62 bits per heavy atom. The van der Waals surface area contributed by atoms with Crippen LogP contribution < -0.4 is 10.6 Å². The minimum absolute atomic E-state index is 0.288. The Balaban J connectivity index is 1.72. The molecule has 0 saturated carbocycles. The minimum Gasteiger partial charge on any atom is -0.324 e. The van der Waals surface area contributed by atoms with Crippen LogP contribution in [0.5, 0.6) is 0 Å². The molecule has 1 aromatic heterocycles. The molecule has 26 heavy (non-hydrogen) atoms. The predicted molar refractivity (Wildman–Crippen MR) is 105 cm³/mol. The molecule has 1 amide bonds. The number of hydrogen-bond acceptors (Lipinski definition) is 4. The quantitative estimate of drug-likeness (QED) is 0.678. The van der Waals surface area contributed by atoms with Gasteiger partial charge in [0.25, 0.3) is 5.91 Å². The van der Waals surface area contributed by atoms with Crippen molar-refractivity contribution in [2.75, 3.05) is 10.6 Å². The number of aromatic nitrogens is 2. The van der Waals surface area contributed by atoms with Crippen molar-refractivity contribution in [3.8, 4) is 0 Å². The van der Waals surface area contributed by atoms with Crippen molar-refractivity contribution in [2.45, 2.75) is 20.8 Å². The normalized spacial score (nSPS) is 10.5. The van der Waals surface area contributed by atoms with E-state index in [1.54, 1.807) is 12.1 Å². The molecule has 0 radical (unpaired) electrons. The third-order valence-corrected chi connectivity index (χ3v) is 4.47. The SMILES string of the molecule is Cc1ccc(NC(=O)c2cnc(Nc3c(C)cccc3C)nc2)cc1Cl. The summed E-state index contributed by atoms with van der Waals surface area (Å²) in [5.74, 6) is 0.154. The van der Waals surface area contributed by atoms with Crippen molar-refractivity contribution < 1.29 is 4.79 Å². The van der Waals surface area contributed by atoms with Crippen molar-refractivity contribution in [3.63, 3.8) is 0 Å². The van der Waals surface area contributed by atoms with Crippen LogP contribution in [0.4, 0.5) is 17.3 Å². The number of halogens is 1. The van der Waals surface area contributed by atoms with Crippen LogP contribution in [0.25, 0.3) is 0 Å². The minimum atomic E-state index is -0.288. The van der Waals surface area contributed by atoms with Gasteiger partial charge in [-0.1, -0.05) is 35.9 Å². The number of hydrogen-bond donors (Lipinski definition) is 2. The molecule has 0 saturated heterocycles. The number of rotatable bonds is 4.